The largest absolute Gasteiger partial charge is 0.389 e. The fourth-order valence-electron chi connectivity index (χ4n) is 1.62. The van der Waals surface area contributed by atoms with Crippen LogP contribution in [0.4, 0.5) is 5.69 Å². The van der Waals surface area contributed by atoms with Crippen molar-refractivity contribution >= 4 is 44.7 Å². The summed E-state index contributed by atoms with van der Waals surface area (Å²) in [5, 5.41) is 0. The highest BCUT2D eigenvalue weighted by Crippen LogP contribution is 2.25. The van der Waals surface area contributed by atoms with Gasteiger partial charge in [0.05, 0.1) is 6.54 Å². The summed E-state index contributed by atoms with van der Waals surface area (Å²) in [4.78, 5) is 13.3. The van der Waals surface area contributed by atoms with Gasteiger partial charge >= 0.3 is 0 Å². The Balaban J connectivity index is 3.10. The second kappa shape index (κ2) is 6.15. The van der Waals surface area contributed by atoms with Gasteiger partial charge in [-0.05, 0) is 48.0 Å². The number of nitrogens with zero attached hydrogens (tertiary/aromatic N) is 1. The lowest BCUT2D eigenvalue weighted by Crippen LogP contribution is -2.38. The molecule has 0 heterocycles. The Labute approximate surface area is 120 Å². The molecule has 0 aliphatic carbocycles. The van der Waals surface area contributed by atoms with Crippen LogP contribution in [0.3, 0.4) is 0 Å². The van der Waals surface area contributed by atoms with Crippen LogP contribution >= 0.6 is 28.1 Å². The van der Waals surface area contributed by atoms with Crippen LogP contribution in [-0.4, -0.2) is 23.5 Å². The monoisotopic (exact) mass is 329 g/mol. The number of carbonyl (C=O) groups excluding carboxylic acids is 1. The molecule has 1 rings (SSSR count). The molecule has 0 radical (unpaired) electrons. The SMILES string of the molecule is CC(C)N(CC(N)=O)c1ccc(C(N)=S)c(Br)c1. The number of benzene rings is 1. The van der Waals surface area contributed by atoms with E-state index in [1.165, 1.54) is 0 Å². The predicted octanol–water partition coefficient (Wildman–Crippen LogP) is 1.78. The van der Waals surface area contributed by atoms with Crippen LogP contribution in [0.15, 0.2) is 22.7 Å². The third kappa shape index (κ3) is 3.68. The molecule has 0 fully saturated rings. The Morgan fingerprint density at radius 2 is 2.06 bits per heavy atom. The van der Waals surface area contributed by atoms with Crippen LogP contribution in [-0.2, 0) is 4.79 Å². The fourth-order valence-corrected chi connectivity index (χ4v) is 2.51. The number of primary amides is 1. The summed E-state index contributed by atoms with van der Waals surface area (Å²) in [7, 11) is 0. The maximum absolute atomic E-state index is 11.1. The Bertz CT molecular complexity index is 476. The van der Waals surface area contributed by atoms with Gasteiger partial charge in [0, 0.05) is 21.8 Å². The molecule has 0 atom stereocenters. The summed E-state index contributed by atoms with van der Waals surface area (Å²) in [5.41, 5.74) is 12.5. The average molecular weight is 330 g/mol. The predicted molar refractivity (Wildman–Crippen MR) is 81.7 cm³/mol. The molecule has 0 unspecified atom stereocenters. The van der Waals surface area contributed by atoms with E-state index in [1.807, 2.05) is 36.9 Å². The number of thiocarbonyl (C=S) groups is 1. The maximum Gasteiger partial charge on any atom is 0.236 e. The van der Waals surface area contributed by atoms with Crippen molar-refractivity contribution < 1.29 is 4.79 Å². The number of carbonyl (C=O) groups is 1. The summed E-state index contributed by atoms with van der Waals surface area (Å²) in [6, 6.07) is 5.76. The van der Waals surface area contributed by atoms with E-state index < -0.39 is 0 Å². The lowest BCUT2D eigenvalue weighted by atomic mass is 10.1. The van der Waals surface area contributed by atoms with Gasteiger partial charge in [0.15, 0.2) is 0 Å². The lowest BCUT2D eigenvalue weighted by Gasteiger charge is -2.28. The highest BCUT2D eigenvalue weighted by Gasteiger charge is 2.14. The van der Waals surface area contributed by atoms with Gasteiger partial charge in [0.25, 0.3) is 0 Å². The molecule has 4 nitrogen and oxygen atoms in total. The van der Waals surface area contributed by atoms with Gasteiger partial charge in [0.2, 0.25) is 5.91 Å². The Morgan fingerprint density at radius 3 is 2.44 bits per heavy atom. The van der Waals surface area contributed by atoms with Crippen molar-refractivity contribution in [3.05, 3.63) is 28.2 Å². The zero-order valence-corrected chi connectivity index (χ0v) is 12.7. The first-order chi connectivity index (χ1) is 8.32. The third-order valence-electron chi connectivity index (χ3n) is 2.50. The van der Waals surface area contributed by atoms with Crippen molar-refractivity contribution in [2.75, 3.05) is 11.4 Å². The van der Waals surface area contributed by atoms with E-state index in [1.54, 1.807) is 0 Å². The van der Waals surface area contributed by atoms with E-state index in [2.05, 4.69) is 15.9 Å². The fraction of sp³-hybridized carbons (Fsp3) is 0.333. The lowest BCUT2D eigenvalue weighted by molar-refractivity contribution is -0.116. The maximum atomic E-state index is 11.1. The number of nitrogens with two attached hydrogens (primary N) is 2. The molecule has 0 saturated heterocycles. The van der Waals surface area contributed by atoms with Crippen LogP contribution in [0.25, 0.3) is 0 Å². The summed E-state index contributed by atoms with van der Waals surface area (Å²) >= 11 is 8.36. The Morgan fingerprint density at radius 1 is 1.44 bits per heavy atom. The average Bonchev–Trinajstić information content (AvgIpc) is 2.24. The molecule has 0 bridgehead atoms. The molecule has 6 heteroatoms. The molecule has 1 aromatic carbocycles. The van der Waals surface area contributed by atoms with Crippen LogP contribution in [0.2, 0.25) is 0 Å². The van der Waals surface area contributed by atoms with Gasteiger partial charge in [-0.15, -0.1) is 0 Å². The van der Waals surface area contributed by atoms with Crippen molar-refractivity contribution in [3.63, 3.8) is 0 Å². The zero-order valence-electron chi connectivity index (χ0n) is 10.3. The van der Waals surface area contributed by atoms with Gasteiger partial charge in [0.1, 0.15) is 4.99 Å². The third-order valence-corrected chi connectivity index (χ3v) is 3.38. The molecule has 1 aromatic rings. The smallest absolute Gasteiger partial charge is 0.236 e. The second-order valence-corrected chi connectivity index (χ2v) is 5.51. The molecule has 4 N–H and O–H groups in total. The van der Waals surface area contributed by atoms with Crippen molar-refractivity contribution in [1.82, 2.24) is 0 Å². The number of rotatable bonds is 5. The number of hydrogen-bond donors (Lipinski definition) is 2. The second-order valence-electron chi connectivity index (χ2n) is 4.22. The topological polar surface area (TPSA) is 72.3 Å². The van der Waals surface area contributed by atoms with Gasteiger partial charge < -0.3 is 16.4 Å². The minimum Gasteiger partial charge on any atom is -0.389 e. The van der Waals surface area contributed by atoms with Crippen molar-refractivity contribution in [3.8, 4) is 0 Å². The molecule has 0 saturated carbocycles. The van der Waals surface area contributed by atoms with E-state index in [9.17, 15) is 4.79 Å². The molecule has 0 aliphatic heterocycles. The highest BCUT2D eigenvalue weighted by atomic mass is 79.9. The van der Waals surface area contributed by atoms with Gasteiger partial charge in [-0.1, -0.05) is 12.2 Å². The number of anilines is 1. The van der Waals surface area contributed by atoms with Crippen LogP contribution in [0, 0.1) is 0 Å². The molecule has 0 aliphatic rings. The molecular weight excluding hydrogens is 314 g/mol. The van der Waals surface area contributed by atoms with E-state index in [0.29, 0.717) is 4.99 Å². The highest BCUT2D eigenvalue weighted by molar-refractivity contribution is 9.10. The van der Waals surface area contributed by atoms with Crippen molar-refractivity contribution in [2.24, 2.45) is 11.5 Å². The van der Waals surface area contributed by atoms with E-state index in [-0.39, 0.29) is 18.5 Å². The molecule has 0 aromatic heterocycles. The summed E-state index contributed by atoms with van der Waals surface area (Å²) in [5.74, 6) is -0.363. The van der Waals surface area contributed by atoms with Crippen molar-refractivity contribution in [2.45, 2.75) is 19.9 Å². The zero-order chi connectivity index (χ0) is 13.9. The molecule has 18 heavy (non-hydrogen) atoms. The molecule has 98 valence electrons. The minimum absolute atomic E-state index is 0.167. The van der Waals surface area contributed by atoms with Gasteiger partial charge in [-0.25, -0.2) is 0 Å². The number of hydrogen-bond acceptors (Lipinski definition) is 3. The van der Waals surface area contributed by atoms with Crippen LogP contribution in [0.5, 0.6) is 0 Å². The molecule has 0 spiro atoms. The molecule has 1 amide bonds. The van der Waals surface area contributed by atoms with Gasteiger partial charge in [-0.2, -0.15) is 0 Å². The standard InChI is InChI=1S/C12H16BrN3OS/c1-7(2)16(6-11(14)17)8-3-4-9(12(15)18)10(13)5-8/h3-5,7H,6H2,1-2H3,(H2,14,17)(H2,15,18). The normalized spacial score (nSPS) is 10.4. The first kappa shape index (κ1) is 14.9. The summed E-state index contributed by atoms with van der Waals surface area (Å²) < 4.78 is 0.808. The van der Waals surface area contributed by atoms with E-state index in [0.717, 1.165) is 15.7 Å². The summed E-state index contributed by atoms with van der Waals surface area (Å²) in [6.07, 6.45) is 0. The number of halogens is 1. The molecular formula is C12H16BrN3OS. The first-order valence-corrected chi connectivity index (χ1v) is 6.67. The number of amides is 1. The van der Waals surface area contributed by atoms with Crippen LogP contribution in [0.1, 0.15) is 19.4 Å². The van der Waals surface area contributed by atoms with Crippen LogP contribution < -0.4 is 16.4 Å². The van der Waals surface area contributed by atoms with E-state index in [4.69, 9.17) is 23.7 Å². The first-order valence-electron chi connectivity index (χ1n) is 5.47. The Kier molecular flexibility index (Phi) is 5.10. The van der Waals surface area contributed by atoms with Gasteiger partial charge in [-0.3, -0.25) is 4.79 Å². The quantitative estimate of drug-likeness (QED) is 0.808. The Hall–Kier alpha value is -1.14. The van der Waals surface area contributed by atoms with E-state index >= 15 is 0 Å². The minimum atomic E-state index is -0.363. The van der Waals surface area contributed by atoms with Crippen molar-refractivity contribution in [1.29, 1.82) is 0 Å². The summed E-state index contributed by atoms with van der Waals surface area (Å²) in [6.45, 7) is 4.17.